The van der Waals surface area contributed by atoms with Gasteiger partial charge in [-0.1, -0.05) is 36.7 Å². The van der Waals surface area contributed by atoms with Gasteiger partial charge in [-0.15, -0.1) is 0 Å². The van der Waals surface area contributed by atoms with Gasteiger partial charge in [0.1, 0.15) is 6.07 Å². The number of aryl methyl sites for hydroxylation is 1. The van der Waals surface area contributed by atoms with Crippen LogP contribution in [-0.2, 0) is 19.0 Å². The first-order valence-electron chi connectivity index (χ1n) is 6.78. The molecule has 0 atom stereocenters. The largest absolute Gasteiger partial charge is 0.380 e. The van der Waals surface area contributed by atoms with Gasteiger partial charge in [0, 0.05) is 35.2 Å². The van der Waals surface area contributed by atoms with Crippen LogP contribution in [-0.4, -0.2) is 9.78 Å². The number of anilines is 1. The highest BCUT2D eigenvalue weighted by atomic mass is 79.9. The molecule has 0 aliphatic heterocycles. The van der Waals surface area contributed by atoms with E-state index in [2.05, 4.69) is 53.2 Å². The van der Waals surface area contributed by atoms with E-state index in [1.54, 1.807) is 0 Å². The van der Waals surface area contributed by atoms with Crippen LogP contribution in [0.15, 0.2) is 28.9 Å². The molecule has 21 heavy (non-hydrogen) atoms. The third-order valence-electron chi connectivity index (χ3n) is 3.19. The van der Waals surface area contributed by atoms with Gasteiger partial charge in [-0.3, -0.25) is 4.68 Å². The van der Waals surface area contributed by atoms with Crippen LogP contribution < -0.4 is 5.32 Å². The molecule has 0 aliphatic rings. The number of halogens is 1. The fourth-order valence-corrected chi connectivity index (χ4v) is 2.61. The molecule has 0 aliphatic carbocycles. The molecule has 0 spiro atoms. The highest BCUT2D eigenvalue weighted by Gasteiger charge is 2.21. The predicted octanol–water partition coefficient (Wildman–Crippen LogP) is 3.96. The Balaban J connectivity index is 2.24. The zero-order chi connectivity index (χ0) is 15.6. The molecule has 2 rings (SSSR count). The maximum absolute atomic E-state index is 9.20. The molecule has 0 fully saturated rings. The van der Waals surface area contributed by atoms with E-state index in [4.69, 9.17) is 0 Å². The number of hydrogen-bond acceptors (Lipinski definition) is 3. The Labute approximate surface area is 133 Å². The van der Waals surface area contributed by atoms with Crippen molar-refractivity contribution in [2.75, 3.05) is 5.32 Å². The Kier molecular flexibility index (Phi) is 4.38. The predicted molar refractivity (Wildman–Crippen MR) is 88.1 cm³/mol. The monoisotopic (exact) mass is 346 g/mol. The first-order valence-corrected chi connectivity index (χ1v) is 7.57. The highest BCUT2D eigenvalue weighted by molar-refractivity contribution is 9.10. The van der Waals surface area contributed by atoms with E-state index < -0.39 is 0 Å². The van der Waals surface area contributed by atoms with Crippen molar-refractivity contribution in [3.05, 3.63) is 45.7 Å². The molecule has 5 heteroatoms. The molecule has 0 amide bonds. The Bertz CT molecular complexity index is 689. The molecule has 0 unspecified atom stereocenters. The Morgan fingerprint density at radius 2 is 2.10 bits per heavy atom. The van der Waals surface area contributed by atoms with E-state index in [0.717, 1.165) is 21.4 Å². The fraction of sp³-hybridized carbons (Fsp3) is 0.375. The highest BCUT2D eigenvalue weighted by Crippen LogP contribution is 2.26. The van der Waals surface area contributed by atoms with Crippen LogP contribution in [0, 0.1) is 11.3 Å². The number of hydrogen-bond donors (Lipinski definition) is 1. The lowest BCUT2D eigenvalue weighted by molar-refractivity contribution is 0.549. The molecule has 1 heterocycles. The average molecular weight is 347 g/mol. The first kappa shape index (κ1) is 15.6. The Hall–Kier alpha value is -1.80. The first-order chi connectivity index (χ1) is 9.81. The van der Waals surface area contributed by atoms with Gasteiger partial charge in [0.15, 0.2) is 0 Å². The van der Waals surface area contributed by atoms with E-state index in [1.165, 1.54) is 0 Å². The summed E-state index contributed by atoms with van der Waals surface area (Å²) in [6.45, 7) is 7.11. The SMILES string of the molecule is Cn1cc(CNc2ccc(Br)cc2C#N)c(C(C)(C)C)n1. The Morgan fingerprint density at radius 1 is 1.38 bits per heavy atom. The molecule has 0 saturated carbocycles. The molecule has 110 valence electrons. The van der Waals surface area contributed by atoms with Gasteiger partial charge in [0.2, 0.25) is 0 Å². The number of rotatable bonds is 3. The topological polar surface area (TPSA) is 53.6 Å². The molecular weight excluding hydrogens is 328 g/mol. The minimum atomic E-state index is -0.00392. The second kappa shape index (κ2) is 5.90. The average Bonchev–Trinajstić information content (AvgIpc) is 2.78. The molecule has 2 aromatic rings. The third-order valence-corrected chi connectivity index (χ3v) is 3.68. The van der Waals surface area contributed by atoms with Gasteiger partial charge in [0.25, 0.3) is 0 Å². The van der Waals surface area contributed by atoms with Crippen LogP contribution in [0.25, 0.3) is 0 Å². The van der Waals surface area contributed by atoms with Gasteiger partial charge in [-0.2, -0.15) is 10.4 Å². The normalized spacial score (nSPS) is 11.2. The zero-order valence-corrected chi connectivity index (χ0v) is 14.3. The summed E-state index contributed by atoms with van der Waals surface area (Å²) in [5, 5.41) is 17.1. The Morgan fingerprint density at radius 3 is 2.71 bits per heavy atom. The smallest absolute Gasteiger partial charge is 0.101 e. The molecule has 0 saturated heterocycles. The molecule has 1 N–H and O–H groups in total. The summed E-state index contributed by atoms with van der Waals surface area (Å²) in [5.74, 6) is 0. The molecule has 0 bridgehead atoms. The maximum atomic E-state index is 9.20. The van der Waals surface area contributed by atoms with Crippen molar-refractivity contribution in [2.45, 2.75) is 32.7 Å². The van der Waals surface area contributed by atoms with E-state index >= 15 is 0 Å². The number of nitriles is 1. The van der Waals surface area contributed by atoms with E-state index in [-0.39, 0.29) is 5.41 Å². The number of benzene rings is 1. The van der Waals surface area contributed by atoms with Gasteiger partial charge >= 0.3 is 0 Å². The lowest BCUT2D eigenvalue weighted by atomic mass is 9.89. The van der Waals surface area contributed by atoms with E-state index in [1.807, 2.05) is 36.1 Å². The number of nitrogens with zero attached hydrogens (tertiary/aromatic N) is 3. The standard InChI is InChI=1S/C16H19BrN4/c1-16(2,3)15-12(10-21(4)20-15)9-19-14-6-5-13(17)7-11(14)8-18/h5-7,10,19H,9H2,1-4H3. The van der Waals surface area contributed by atoms with Crippen molar-refractivity contribution < 1.29 is 0 Å². The van der Waals surface area contributed by atoms with Gasteiger partial charge < -0.3 is 5.32 Å². The summed E-state index contributed by atoms with van der Waals surface area (Å²) in [6, 6.07) is 7.87. The quantitative estimate of drug-likeness (QED) is 0.914. The summed E-state index contributed by atoms with van der Waals surface area (Å²) in [6.07, 6.45) is 2.03. The van der Waals surface area contributed by atoms with E-state index in [9.17, 15) is 5.26 Å². The summed E-state index contributed by atoms with van der Waals surface area (Å²) in [4.78, 5) is 0. The maximum Gasteiger partial charge on any atom is 0.101 e. The van der Waals surface area contributed by atoms with Gasteiger partial charge in [-0.25, -0.2) is 0 Å². The second-order valence-electron chi connectivity index (χ2n) is 6.08. The summed E-state index contributed by atoms with van der Waals surface area (Å²) in [5.41, 5.74) is 3.69. The van der Waals surface area contributed by atoms with Crippen molar-refractivity contribution in [1.82, 2.24) is 9.78 Å². The molecule has 1 aromatic heterocycles. The van der Waals surface area contributed by atoms with Crippen molar-refractivity contribution in [3.63, 3.8) is 0 Å². The van der Waals surface area contributed by atoms with Crippen molar-refractivity contribution >= 4 is 21.6 Å². The van der Waals surface area contributed by atoms with Crippen molar-refractivity contribution in [3.8, 4) is 6.07 Å². The van der Waals surface area contributed by atoms with Crippen LogP contribution in [0.1, 0.15) is 37.6 Å². The summed E-state index contributed by atoms with van der Waals surface area (Å²) >= 11 is 3.38. The van der Waals surface area contributed by atoms with Crippen molar-refractivity contribution in [2.24, 2.45) is 7.05 Å². The summed E-state index contributed by atoms with van der Waals surface area (Å²) in [7, 11) is 1.93. The van der Waals surface area contributed by atoms with Crippen LogP contribution in [0.4, 0.5) is 5.69 Å². The number of aromatic nitrogens is 2. The van der Waals surface area contributed by atoms with Gasteiger partial charge in [0.05, 0.1) is 16.9 Å². The fourth-order valence-electron chi connectivity index (χ4n) is 2.25. The molecule has 4 nitrogen and oxygen atoms in total. The van der Waals surface area contributed by atoms with E-state index in [0.29, 0.717) is 12.1 Å². The van der Waals surface area contributed by atoms with Crippen LogP contribution >= 0.6 is 15.9 Å². The molecule has 1 aromatic carbocycles. The lowest BCUT2D eigenvalue weighted by Crippen LogP contribution is -2.16. The van der Waals surface area contributed by atoms with Gasteiger partial charge in [-0.05, 0) is 18.2 Å². The van der Waals surface area contributed by atoms with Crippen molar-refractivity contribution in [1.29, 1.82) is 5.26 Å². The number of nitrogens with one attached hydrogen (secondary N) is 1. The van der Waals surface area contributed by atoms with Crippen LogP contribution in [0.5, 0.6) is 0 Å². The van der Waals surface area contributed by atoms with Crippen LogP contribution in [0.3, 0.4) is 0 Å². The summed E-state index contributed by atoms with van der Waals surface area (Å²) < 4.78 is 2.74. The lowest BCUT2D eigenvalue weighted by Gasteiger charge is -2.18. The molecule has 0 radical (unpaired) electrons. The van der Waals surface area contributed by atoms with Crippen LogP contribution in [0.2, 0.25) is 0 Å². The minimum Gasteiger partial charge on any atom is -0.380 e. The third kappa shape index (κ3) is 3.64. The second-order valence-corrected chi connectivity index (χ2v) is 7.00. The zero-order valence-electron chi connectivity index (χ0n) is 12.7. The molecular formula is C16H19BrN4. The minimum absolute atomic E-state index is 0.00392.